The molecule has 0 N–H and O–H groups in total. The average Bonchev–Trinajstić information content (AvgIpc) is 2.48. The molecule has 0 aromatic heterocycles. The Kier molecular flexibility index (Phi) is 11.0. The molecule has 0 atom stereocenters. The van der Waals surface area contributed by atoms with Crippen molar-refractivity contribution in [3.05, 3.63) is 55.5 Å². The zero-order valence-corrected chi connectivity index (χ0v) is 24.3. The first-order valence-corrected chi connectivity index (χ1v) is 11.5. The molecule has 0 unspecified atom stereocenters. The molecule has 2 aromatic rings. The van der Waals surface area contributed by atoms with Gasteiger partial charge in [0, 0.05) is 8.95 Å². The van der Waals surface area contributed by atoms with Crippen molar-refractivity contribution in [1.29, 1.82) is 0 Å². The second-order valence-electron chi connectivity index (χ2n) is 5.55. The molecule has 0 aliphatic heterocycles. The summed E-state index contributed by atoms with van der Waals surface area (Å²) in [4.78, 5) is -0.397. The Morgan fingerprint density at radius 3 is 1.15 bits per heavy atom. The van der Waals surface area contributed by atoms with Crippen molar-refractivity contribution in [3.8, 4) is 0 Å². The Morgan fingerprint density at radius 2 is 0.926 bits per heavy atom. The molecule has 0 aliphatic rings. The van der Waals surface area contributed by atoms with Crippen LogP contribution in [-0.4, -0.2) is 74.8 Å². The number of hydrogen-bond acceptors (Lipinski definition) is 6. The van der Waals surface area contributed by atoms with Crippen LogP contribution in [0, 0.1) is 27.7 Å². The van der Waals surface area contributed by atoms with Crippen molar-refractivity contribution in [1.82, 2.24) is 0 Å². The summed E-state index contributed by atoms with van der Waals surface area (Å²) in [5, 5.41) is 0. The van der Waals surface area contributed by atoms with Gasteiger partial charge in [-0.1, -0.05) is 12.1 Å². The normalized spacial score (nSPS) is 11.3. The molecule has 0 aliphatic carbocycles. The third kappa shape index (κ3) is 7.52. The van der Waals surface area contributed by atoms with Crippen LogP contribution in [0.4, 0.5) is 0 Å². The second kappa shape index (κ2) is 10.7. The van der Waals surface area contributed by atoms with Crippen molar-refractivity contribution in [3.63, 3.8) is 0 Å². The van der Waals surface area contributed by atoms with Gasteiger partial charge in [0.1, 0.15) is 20.2 Å². The molecule has 0 saturated heterocycles. The Labute approximate surface area is 217 Å². The minimum Gasteiger partial charge on any atom is -0.744 e. The molecule has 0 fully saturated rings. The zero-order valence-electron chi connectivity index (χ0n) is 15.0. The molecule has 0 amide bonds. The van der Waals surface area contributed by atoms with E-state index in [2.05, 4.69) is 31.9 Å². The van der Waals surface area contributed by atoms with Crippen LogP contribution in [0.1, 0.15) is 22.3 Å². The van der Waals surface area contributed by atoms with E-state index < -0.39 is 20.2 Å². The maximum Gasteiger partial charge on any atom is 2.00 e. The summed E-state index contributed by atoms with van der Waals surface area (Å²) in [7, 11) is -8.74. The second-order valence-corrected chi connectivity index (χ2v) is 9.83. The molecular weight excluding hydrogens is 649 g/mol. The Morgan fingerprint density at radius 1 is 0.667 bits per heavy atom. The van der Waals surface area contributed by atoms with E-state index in [1.165, 1.54) is 12.1 Å². The van der Waals surface area contributed by atoms with Crippen molar-refractivity contribution in [2.45, 2.75) is 37.5 Å². The van der Waals surface area contributed by atoms with E-state index in [-0.39, 0.29) is 58.7 Å². The van der Waals surface area contributed by atoms with Crippen molar-refractivity contribution in [2.24, 2.45) is 0 Å². The summed E-state index contributed by atoms with van der Waals surface area (Å²) in [5.41, 5.74) is 3.44. The number of benzene rings is 2. The largest absolute Gasteiger partial charge is 2.00 e. The molecule has 0 saturated carbocycles. The van der Waals surface area contributed by atoms with Gasteiger partial charge in [-0.05, 0) is 93.9 Å². The molecule has 0 bridgehead atoms. The van der Waals surface area contributed by atoms with E-state index in [9.17, 15) is 25.9 Å². The fraction of sp³-hybridized carbons (Fsp3) is 0.250. The Bertz CT molecular complexity index is 966. The summed E-state index contributed by atoms with van der Waals surface area (Å²) < 4.78 is 65.1. The van der Waals surface area contributed by atoms with E-state index in [1.807, 2.05) is 13.8 Å². The van der Waals surface area contributed by atoms with E-state index in [1.54, 1.807) is 26.0 Å². The predicted octanol–water partition coefficient (Wildman–Crippen LogP) is 3.56. The van der Waals surface area contributed by atoms with Gasteiger partial charge < -0.3 is 9.11 Å². The van der Waals surface area contributed by atoms with Gasteiger partial charge in [0.15, 0.2) is 0 Å². The van der Waals surface area contributed by atoms with Gasteiger partial charge in [-0.2, -0.15) is 0 Å². The molecule has 6 nitrogen and oxygen atoms in total. The van der Waals surface area contributed by atoms with Gasteiger partial charge in [-0.3, -0.25) is 0 Å². The van der Waals surface area contributed by atoms with E-state index in [4.69, 9.17) is 0 Å². The van der Waals surface area contributed by atoms with E-state index in [0.717, 1.165) is 22.3 Å². The third-order valence-corrected chi connectivity index (χ3v) is 8.11. The summed E-state index contributed by atoms with van der Waals surface area (Å²) >= 11 is 6.18. The zero-order chi connectivity index (χ0) is 20.4. The topological polar surface area (TPSA) is 114 Å². The molecule has 0 radical (unpaired) electrons. The molecule has 2 rings (SSSR count). The van der Waals surface area contributed by atoms with Crippen LogP contribution in [0.25, 0.3) is 0 Å². The SMILES string of the molecule is Cc1ccc(S(=O)(=O)[O-])c(Br)c1C.Cc1ccc(S(=O)(=O)[O-])c(Br)c1C.[Ba+2]. The van der Waals surface area contributed by atoms with Crippen LogP contribution in [0.5, 0.6) is 0 Å². The third-order valence-electron chi connectivity index (χ3n) is 3.78. The minimum absolute atomic E-state index is 0. The smallest absolute Gasteiger partial charge is 0.744 e. The van der Waals surface area contributed by atoms with Crippen molar-refractivity contribution < 1.29 is 25.9 Å². The predicted molar refractivity (Wildman–Crippen MR) is 109 cm³/mol. The molecule has 27 heavy (non-hydrogen) atoms. The minimum atomic E-state index is -4.37. The molecule has 0 spiro atoms. The number of halogens is 2. The molecular formula is C16H16BaBr2O6S2. The fourth-order valence-electron chi connectivity index (χ4n) is 1.90. The first-order chi connectivity index (χ1) is 11.7. The maximum atomic E-state index is 10.7. The number of rotatable bonds is 2. The van der Waals surface area contributed by atoms with Crippen molar-refractivity contribution >= 4 is 101 Å². The quantitative estimate of drug-likeness (QED) is 0.358. The number of aryl methyl sites for hydroxylation is 2. The van der Waals surface area contributed by atoms with Gasteiger partial charge in [0.2, 0.25) is 0 Å². The monoisotopic (exact) mass is 664 g/mol. The van der Waals surface area contributed by atoms with Gasteiger partial charge in [0.25, 0.3) is 0 Å². The van der Waals surface area contributed by atoms with E-state index >= 15 is 0 Å². The molecule has 11 heteroatoms. The summed E-state index contributed by atoms with van der Waals surface area (Å²) in [6.45, 7) is 7.21. The van der Waals surface area contributed by atoms with Crippen LogP contribution in [0.15, 0.2) is 43.0 Å². The first-order valence-electron chi connectivity index (χ1n) is 7.11. The van der Waals surface area contributed by atoms with E-state index in [0.29, 0.717) is 8.95 Å². The van der Waals surface area contributed by atoms with Crippen LogP contribution in [0.2, 0.25) is 0 Å². The van der Waals surface area contributed by atoms with Crippen molar-refractivity contribution in [2.75, 3.05) is 0 Å². The maximum absolute atomic E-state index is 10.7. The summed E-state index contributed by atoms with van der Waals surface area (Å²) in [6.07, 6.45) is 0. The van der Waals surface area contributed by atoms with Crippen LogP contribution in [-0.2, 0) is 20.2 Å². The molecule has 144 valence electrons. The Hall–Kier alpha value is 0.791. The molecule has 2 aromatic carbocycles. The summed E-state index contributed by atoms with van der Waals surface area (Å²) in [6, 6.07) is 5.86. The number of hydrogen-bond donors (Lipinski definition) is 0. The standard InChI is InChI=1S/2C8H9BrO3S.Ba/c2*1-5-3-4-7(13(10,11)12)8(9)6(5)2;/h2*3-4H,1-2H3,(H,10,11,12);/q;;+2/p-2. The fourth-order valence-corrected chi connectivity index (χ4v) is 5.19. The Balaban J connectivity index is 0.000000483. The first kappa shape index (κ1) is 27.8. The van der Waals surface area contributed by atoms with Gasteiger partial charge >= 0.3 is 48.9 Å². The molecule has 0 heterocycles. The van der Waals surface area contributed by atoms with Crippen LogP contribution < -0.4 is 0 Å². The van der Waals surface area contributed by atoms with Gasteiger partial charge in [-0.15, -0.1) is 0 Å². The van der Waals surface area contributed by atoms with Gasteiger partial charge in [-0.25, -0.2) is 16.8 Å². The average molecular weight is 666 g/mol. The van der Waals surface area contributed by atoms with Gasteiger partial charge in [0.05, 0.1) is 9.79 Å². The summed E-state index contributed by atoms with van der Waals surface area (Å²) in [5.74, 6) is 0. The van der Waals surface area contributed by atoms with Crippen LogP contribution >= 0.6 is 31.9 Å². The van der Waals surface area contributed by atoms with Crippen LogP contribution in [0.3, 0.4) is 0 Å².